The normalized spacial score (nSPS) is 17.5. The van der Waals surface area contributed by atoms with Crippen LogP contribution in [0.25, 0.3) is 0 Å². The fourth-order valence-electron chi connectivity index (χ4n) is 17.2. The summed E-state index contributed by atoms with van der Waals surface area (Å²) < 4.78 is 27.7. The second-order valence-electron chi connectivity index (χ2n) is 45.3. The zero-order valence-electron chi connectivity index (χ0n) is 80.9. The van der Waals surface area contributed by atoms with Gasteiger partial charge in [-0.25, -0.2) is 8.78 Å². The predicted molar refractivity (Wildman–Crippen MR) is 512 cm³/mol. The Kier molecular flexibility index (Phi) is 32.1. The lowest BCUT2D eigenvalue weighted by atomic mass is 9.76. The number of likely N-dealkylation sites (N-methyl/N-ethyl adjacent to an activating group) is 2. The average molecular weight is 1630 g/mol. The zero-order chi connectivity index (χ0) is 88.5. The molecular weight excluding hydrogens is 1470 g/mol. The number of nitrogens with zero attached hydrogens (tertiary/aromatic N) is 2. The fraction of sp³-hybridized carbons (Fsp3) is 0.564. The summed E-state index contributed by atoms with van der Waals surface area (Å²) in [6.07, 6.45) is 7.68. The summed E-state index contributed by atoms with van der Waals surface area (Å²) in [5, 5.41) is 20.4. The lowest BCUT2D eigenvalue weighted by Crippen LogP contribution is -2.42. The Labute approximate surface area is 730 Å². The van der Waals surface area contributed by atoms with Gasteiger partial charge in [0.05, 0.1) is 0 Å². The van der Waals surface area contributed by atoms with Crippen molar-refractivity contribution < 1.29 is 8.78 Å². The largest absolute Gasteiger partial charge is 0.312 e. The highest BCUT2D eigenvalue weighted by molar-refractivity contribution is 5.46. The minimum absolute atomic E-state index is 0.0211. The molecule has 8 aliphatic rings. The van der Waals surface area contributed by atoms with Crippen LogP contribution in [0.5, 0.6) is 0 Å². The Balaban J connectivity index is 0.000000156. The van der Waals surface area contributed by atoms with Gasteiger partial charge in [-0.2, -0.15) is 0 Å². The van der Waals surface area contributed by atoms with Gasteiger partial charge in [0.25, 0.3) is 0 Å². The monoisotopic (exact) mass is 1630 g/mol. The van der Waals surface area contributed by atoms with Crippen molar-refractivity contribution >= 4 is 0 Å². The summed E-state index contributed by atoms with van der Waals surface area (Å²) in [4.78, 5) is 4.79. The van der Waals surface area contributed by atoms with Gasteiger partial charge in [-0.05, 0) is 289 Å². The van der Waals surface area contributed by atoms with E-state index >= 15 is 0 Å². The topological polar surface area (TPSA) is 78.7 Å². The van der Waals surface area contributed by atoms with Crippen LogP contribution in [0.1, 0.15) is 327 Å². The van der Waals surface area contributed by atoms with Crippen molar-refractivity contribution in [3.63, 3.8) is 0 Å². The summed E-state index contributed by atoms with van der Waals surface area (Å²) in [5.41, 5.74) is 35.1. The van der Waals surface area contributed by atoms with Gasteiger partial charge < -0.3 is 41.7 Å². The third-order valence-electron chi connectivity index (χ3n) is 25.7. The highest BCUT2D eigenvalue weighted by Crippen LogP contribution is 2.38. The van der Waals surface area contributed by atoms with Gasteiger partial charge in [0.2, 0.25) is 0 Å². The summed E-state index contributed by atoms with van der Waals surface area (Å²) in [7, 11) is 4.40. The predicted octanol–water partition coefficient (Wildman–Crippen LogP) is 23.5. The molecule has 0 aromatic heterocycles. The molecule has 8 nitrogen and oxygen atoms in total. The van der Waals surface area contributed by atoms with Crippen LogP contribution in [0, 0.1) is 11.6 Å². The van der Waals surface area contributed by atoms with Crippen molar-refractivity contribution in [3.05, 3.63) is 279 Å². The van der Waals surface area contributed by atoms with Crippen molar-refractivity contribution in [2.24, 2.45) is 0 Å². The Hall–Kier alpha value is -6.70. The van der Waals surface area contributed by atoms with E-state index in [2.05, 4.69) is 371 Å². The van der Waals surface area contributed by atoms with E-state index in [1.54, 1.807) is 23.3 Å². The van der Waals surface area contributed by atoms with Gasteiger partial charge in [0.15, 0.2) is 0 Å². The molecule has 0 saturated heterocycles. The molecule has 6 N–H and O–H groups in total. The first-order chi connectivity index (χ1) is 55.6. The molecule has 0 fully saturated rings. The van der Waals surface area contributed by atoms with Gasteiger partial charge in [0, 0.05) is 82.0 Å². The van der Waals surface area contributed by atoms with Gasteiger partial charge in [-0.15, -0.1) is 0 Å². The maximum Gasteiger partial charge on any atom is 0.128 e. The van der Waals surface area contributed by atoms with Gasteiger partial charge in [0.1, 0.15) is 11.6 Å². The number of hydrogen-bond donors (Lipinski definition) is 6. The standard InChI is InChI=1S/2C15H23N.2C14H21N.2C13H18FN.2C13H19N/c1-14(2,3)12-6-7-13-11(8-12)9-16-10-15(13,4)5;1-14(2,3)12-6-7-13-11(10-12)8-9-16-15(13,4)5;1-14(2,3)13-6-5-12-10-15(4)8-7-11(12)9-13;1-14(2,3)13-6-5-11-7-8-15(4)10-12(11)9-13;1-13(2,3)10-6-9-8-15-5-4-11(9)12(14)7-10;1-13(2,3)10-6-9-4-5-15-8-11(9)12(14)7-10;1-13(2,3)12-5-4-11-9-14-7-6-10(11)8-12;1-13(2,3)12-5-4-10-6-7-14-9-11(10)8-12/h6-8,16H,9-10H2,1-5H3;6-7,10,16H,8-9H2,1-5H3;2*5-6,9H,7-8,10H2,1-4H3;2*6-7,15H,4-5,8H2,1-3H3;2*4-5,8,14H,6-7,9H2,1-3H3. The molecule has 0 bridgehead atoms. The van der Waals surface area contributed by atoms with E-state index in [9.17, 15) is 8.78 Å². The van der Waals surface area contributed by atoms with E-state index < -0.39 is 0 Å². The van der Waals surface area contributed by atoms with Crippen LogP contribution >= 0.6 is 0 Å². The lowest BCUT2D eigenvalue weighted by Gasteiger charge is -2.35. The zero-order valence-corrected chi connectivity index (χ0v) is 80.9. The van der Waals surface area contributed by atoms with Crippen LogP contribution in [0.4, 0.5) is 8.78 Å². The van der Waals surface area contributed by atoms with Crippen molar-refractivity contribution in [1.82, 2.24) is 41.7 Å². The molecular formula is C110H162F2N8. The van der Waals surface area contributed by atoms with Gasteiger partial charge in [-0.1, -0.05) is 301 Å². The molecule has 0 atom stereocenters. The van der Waals surface area contributed by atoms with E-state index in [0.29, 0.717) is 6.54 Å². The van der Waals surface area contributed by atoms with E-state index in [1.165, 1.54) is 133 Å². The van der Waals surface area contributed by atoms with E-state index in [-0.39, 0.29) is 65.9 Å². The maximum absolute atomic E-state index is 13.8. The lowest BCUT2D eigenvalue weighted by molar-refractivity contribution is 0.312. The van der Waals surface area contributed by atoms with Gasteiger partial charge in [-0.3, -0.25) is 0 Å². The third kappa shape index (κ3) is 27.2. The minimum atomic E-state index is -0.0513. The van der Waals surface area contributed by atoms with Crippen LogP contribution in [-0.4, -0.2) is 76.3 Å². The number of nitrogens with one attached hydrogen (secondary N) is 6. The SMILES string of the molecule is CC(C)(C)c1cc(F)c2c(c1)CCNC2.CC(C)(C)c1cc(F)c2c(c1)CNCC2.CC(C)(C)c1ccc2c(c1)CCNC2.CC(C)(C)c1ccc2c(c1)CCNC2(C)C.CC(C)(C)c1ccc2c(c1)CNCC2.CC(C)(C)c1ccc2c(c1)CNCC2(C)C.CN1CCc2cc(C(C)(C)C)ccc2C1.CN1CCc2ccc(C(C)(C)C)cc2C1. The van der Waals surface area contributed by atoms with Crippen LogP contribution in [0.3, 0.4) is 0 Å². The number of hydrogen-bond acceptors (Lipinski definition) is 8. The van der Waals surface area contributed by atoms with Gasteiger partial charge >= 0.3 is 0 Å². The first-order valence-corrected chi connectivity index (χ1v) is 45.7. The second kappa shape index (κ2) is 39.7. The number of fused-ring (bicyclic) bond motifs is 8. The molecule has 8 aliphatic heterocycles. The van der Waals surface area contributed by atoms with Crippen molar-refractivity contribution in [2.45, 2.75) is 339 Å². The first kappa shape index (κ1) is 97.1. The number of benzene rings is 8. The van der Waals surface area contributed by atoms with Crippen molar-refractivity contribution in [2.75, 3.05) is 66.5 Å². The quantitative estimate of drug-likeness (QED) is 0.0897. The van der Waals surface area contributed by atoms with Crippen LogP contribution in [0.2, 0.25) is 0 Å². The fourth-order valence-corrected chi connectivity index (χ4v) is 17.2. The third-order valence-corrected chi connectivity index (χ3v) is 25.7. The summed E-state index contributed by atoms with van der Waals surface area (Å²) >= 11 is 0. The summed E-state index contributed by atoms with van der Waals surface area (Å²) in [6.45, 7) is 78.3. The Bertz CT molecular complexity index is 4500. The molecule has 0 aliphatic carbocycles. The second-order valence-corrected chi connectivity index (χ2v) is 45.3. The molecule has 0 spiro atoms. The van der Waals surface area contributed by atoms with E-state index in [4.69, 9.17) is 0 Å². The maximum atomic E-state index is 13.8. The summed E-state index contributed by atoms with van der Waals surface area (Å²) in [5.74, 6) is -0.0800. The van der Waals surface area contributed by atoms with Crippen LogP contribution in [0.15, 0.2) is 133 Å². The summed E-state index contributed by atoms with van der Waals surface area (Å²) in [6, 6.07) is 49.6. The van der Waals surface area contributed by atoms with Crippen molar-refractivity contribution in [1.29, 1.82) is 0 Å². The van der Waals surface area contributed by atoms with Crippen LogP contribution in [-0.2, 0) is 145 Å². The highest BCUT2D eigenvalue weighted by Gasteiger charge is 2.32. The van der Waals surface area contributed by atoms with Crippen LogP contribution < -0.4 is 31.9 Å². The Morgan fingerprint density at radius 3 is 1.10 bits per heavy atom. The molecule has 120 heavy (non-hydrogen) atoms. The molecule has 8 aromatic rings. The molecule has 0 saturated carbocycles. The molecule has 16 rings (SSSR count). The molecule has 0 radical (unpaired) electrons. The smallest absolute Gasteiger partial charge is 0.128 e. The molecule has 10 heteroatoms. The Morgan fingerprint density at radius 2 is 0.592 bits per heavy atom. The molecule has 0 amide bonds. The number of rotatable bonds is 0. The molecule has 656 valence electrons. The Morgan fingerprint density at radius 1 is 0.267 bits per heavy atom. The average Bonchev–Trinajstić information content (AvgIpc) is 0.788. The minimum Gasteiger partial charge on any atom is -0.312 e. The molecule has 8 aromatic carbocycles. The molecule has 0 unspecified atom stereocenters. The molecule has 8 heterocycles. The van der Waals surface area contributed by atoms with E-state index in [1.807, 2.05) is 0 Å². The van der Waals surface area contributed by atoms with E-state index in [0.717, 1.165) is 126 Å². The highest BCUT2D eigenvalue weighted by atomic mass is 19.1. The first-order valence-electron chi connectivity index (χ1n) is 45.7. The number of halogens is 2. The van der Waals surface area contributed by atoms with Crippen molar-refractivity contribution in [3.8, 4) is 0 Å².